The number of fused-ring (bicyclic) bond motifs is 3. The first kappa shape index (κ1) is 16.3. The van der Waals surface area contributed by atoms with E-state index in [-0.39, 0.29) is 24.2 Å². The summed E-state index contributed by atoms with van der Waals surface area (Å²) in [4.78, 5) is 15.9. The molecule has 1 aromatic carbocycles. The maximum Gasteiger partial charge on any atom is 0.315 e. The van der Waals surface area contributed by atoms with Crippen LogP contribution in [-0.4, -0.2) is 48.4 Å². The summed E-state index contributed by atoms with van der Waals surface area (Å²) in [5, 5.41) is 14.6. The third-order valence-corrected chi connectivity index (χ3v) is 7.87. The molecule has 4 heterocycles. The van der Waals surface area contributed by atoms with Gasteiger partial charge in [0.1, 0.15) is 11.1 Å². The Morgan fingerprint density at radius 2 is 2.23 bits per heavy atom. The van der Waals surface area contributed by atoms with E-state index in [4.69, 9.17) is 4.74 Å². The number of carbonyl (C=O) groups is 1. The zero-order chi connectivity index (χ0) is 18.2. The van der Waals surface area contributed by atoms with Crippen LogP contribution in [0.1, 0.15) is 31.7 Å². The van der Waals surface area contributed by atoms with Crippen LogP contribution in [0.25, 0.3) is 0 Å². The number of carbonyl (C=O) groups excluding carboxylic acids is 1. The molecule has 3 saturated heterocycles. The Hall–Kier alpha value is -1.85. The maximum absolute atomic E-state index is 13.4. The quantitative estimate of drug-likeness (QED) is 0.630. The van der Waals surface area contributed by atoms with Crippen LogP contribution in [0.5, 0.6) is 0 Å². The molecule has 0 radical (unpaired) electrons. The molecule has 1 aromatic rings. The second-order valence-electron chi connectivity index (χ2n) is 8.18. The van der Waals surface area contributed by atoms with E-state index in [1.165, 1.54) is 18.2 Å². The van der Waals surface area contributed by atoms with Crippen LogP contribution in [0.2, 0.25) is 0 Å². The third-order valence-electron chi connectivity index (χ3n) is 7.87. The van der Waals surface area contributed by atoms with Gasteiger partial charge in [-0.3, -0.25) is 9.69 Å². The number of anilines is 1. The number of para-hydroxylation sites is 1. The molecule has 2 N–H and O–H groups in total. The molecule has 138 valence electrons. The summed E-state index contributed by atoms with van der Waals surface area (Å²) in [6.07, 6.45) is 4.87. The minimum atomic E-state index is -0.952. The molecule has 1 unspecified atom stereocenters. The van der Waals surface area contributed by atoms with Crippen LogP contribution < -0.4 is 5.32 Å². The Bertz CT molecular complexity index is 821. The van der Waals surface area contributed by atoms with Crippen LogP contribution in [-0.2, 0) is 14.9 Å². The Morgan fingerprint density at radius 1 is 1.42 bits per heavy atom. The number of nitrogens with zero attached hydrogens (tertiary/aromatic N) is 1. The molecule has 4 fully saturated rings. The Morgan fingerprint density at radius 3 is 2.96 bits per heavy atom. The minimum Gasteiger partial charge on any atom is -0.468 e. The highest BCUT2D eigenvalue weighted by atomic mass is 16.5. The fraction of sp³-hybridized carbons (Fsp3) is 0.571. The van der Waals surface area contributed by atoms with Gasteiger partial charge in [0, 0.05) is 24.7 Å². The minimum absolute atomic E-state index is 0.0105. The van der Waals surface area contributed by atoms with Gasteiger partial charge in [-0.05, 0) is 37.8 Å². The number of methoxy groups -OCH3 is 1. The van der Waals surface area contributed by atoms with E-state index < -0.39 is 10.8 Å². The molecule has 4 aliphatic heterocycles. The average Bonchev–Trinajstić information content (AvgIpc) is 3.06. The first-order valence-electron chi connectivity index (χ1n) is 9.58. The maximum atomic E-state index is 13.4. The summed E-state index contributed by atoms with van der Waals surface area (Å²) >= 11 is 0. The van der Waals surface area contributed by atoms with Gasteiger partial charge < -0.3 is 15.2 Å². The smallest absolute Gasteiger partial charge is 0.315 e. The molecule has 1 spiro atoms. The molecular formula is C21H26N2O3. The molecule has 0 amide bonds. The molecular weight excluding hydrogens is 328 g/mol. The number of hydrogen-bond donors (Lipinski definition) is 2. The first-order valence-corrected chi connectivity index (χ1v) is 9.58. The van der Waals surface area contributed by atoms with Gasteiger partial charge in [0.2, 0.25) is 0 Å². The summed E-state index contributed by atoms with van der Waals surface area (Å²) in [6.45, 7) is 3.63. The van der Waals surface area contributed by atoms with Crippen LogP contribution >= 0.6 is 0 Å². The van der Waals surface area contributed by atoms with Crippen molar-refractivity contribution in [3.8, 4) is 0 Å². The zero-order valence-electron chi connectivity index (χ0n) is 15.4. The number of benzene rings is 1. The van der Waals surface area contributed by atoms with Crippen molar-refractivity contribution in [2.45, 2.75) is 37.3 Å². The summed E-state index contributed by atoms with van der Waals surface area (Å²) in [5.41, 5.74) is 1.79. The monoisotopic (exact) mass is 354 g/mol. The van der Waals surface area contributed by atoms with Gasteiger partial charge in [-0.25, -0.2) is 0 Å². The van der Waals surface area contributed by atoms with Crippen molar-refractivity contribution < 1.29 is 14.6 Å². The lowest BCUT2D eigenvalue weighted by Gasteiger charge is -2.57. The number of aliphatic hydroxyl groups is 1. The summed E-state index contributed by atoms with van der Waals surface area (Å²) in [5.74, 6) is -0.257. The summed E-state index contributed by atoms with van der Waals surface area (Å²) in [6, 6.07) is 8.33. The number of nitrogens with one attached hydrogen (secondary N) is 1. The van der Waals surface area contributed by atoms with E-state index >= 15 is 0 Å². The third kappa shape index (κ3) is 1.43. The lowest BCUT2D eigenvalue weighted by molar-refractivity contribution is -0.174. The van der Waals surface area contributed by atoms with Gasteiger partial charge in [0.15, 0.2) is 0 Å². The molecule has 1 aliphatic carbocycles. The predicted octanol–water partition coefficient (Wildman–Crippen LogP) is 2.27. The van der Waals surface area contributed by atoms with Crippen molar-refractivity contribution in [3.05, 3.63) is 41.5 Å². The fourth-order valence-corrected chi connectivity index (χ4v) is 7.01. The molecule has 5 aliphatic rings. The Balaban J connectivity index is 1.90. The predicted molar refractivity (Wildman–Crippen MR) is 98.7 cm³/mol. The average molecular weight is 354 g/mol. The number of aliphatic hydroxyl groups excluding tert-OH is 1. The largest absolute Gasteiger partial charge is 0.468 e. The molecule has 5 heteroatoms. The van der Waals surface area contributed by atoms with Crippen LogP contribution in [0.4, 0.5) is 5.69 Å². The van der Waals surface area contributed by atoms with Crippen molar-refractivity contribution in [1.29, 1.82) is 0 Å². The molecule has 6 rings (SSSR count). The van der Waals surface area contributed by atoms with Gasteiger partial charge in [-0.1, -0.05) is 29.8 Å². The normalized spacial score (nSPS) is 43.6. The van der Waals surface area contributed by atoms with E-state index in [1.807, 2.05) is 12.1 Å². The summed E-state index contributed by atoms with van der Waals surface area (Å²) in [7, 11) is 1.46. The van der Waals surface area contributed by atoms with Gasteiger partial charge in [0.25, 0.3) is 0 Å². The highest BCUT2D eigenvalue weighted by Gasteiger charge is 2.80. The van der Waals surface area contributed by atoms with Gasteiger partial charge in [-0.15, -0.1) is 0 Å². The van der Waals surface area contributed by atoms with Crippen LogP contribution in [0, 0.1) is 11.3 Å². The first-order chi connectivity index (χ1) is 12.6. The number of rotatable bonds is 2. The van der Waals surface area contributed by atoms with E-state index in [2.05, 4.69) is 35.3 Å². The summed E-state index contributed by atoms with van der Waals surface area (Å²) < 4.78 is 5.38. The van der Waals surface area contributed by atoms with Crippen molar-refractivity contribution in [2.75, 3.05) is 32.1 Å². The lowest BCUT2D eigenvalue weighted by atomic mass is 9.46. The van der Waals surface area contributed by atoms with Gasteiger partial charge >= 0.3 is 5.97 Å². The molecule has 0 aromatic heterocycles. The highest BCUT2D eigenvalue weighted by molar-refractivity contribution is 5.85. The Labute approximate surface area is 154 Å². The highest BCUT2D eigenvalue weighted by Crippen LogP contribution is 2.72. The van der Waals surface area contributed by atoms with Crippen LogP contribution in [0.3, 0.4) is 0 Å². The van der Waals surface area contributed by atoms with E-state index in [1.54, 1.807) is 0 Å². The van der Waals surface area contributed by atoms with Gasteiger partial charge in [0.05, 0.1) is 19.1 Å². The van der Waals surface area contributed by atoms with Crippen LogP contribution in [0.15, 0.2) is 35.9 Å². The number of allylic oxidation sites excluding steroid dienone is 1. The SMILES string of the molecule is CC=C1CN2CC[C@@]34c5ccccc5N[C@@]23CC[C@@H]1[C@@]4(CO)C(=O)OC. The Kier molecular flexibility index (Phi) is 3.21. The number of hydrogen-bond acceptors (Lipinski definition) is 5. The number of ether oxygens (including phenoxy) is 1. The molecule has 4 bridgehead atoms. The van der Waals surface area contributed by atoms with Crippen molar-refractivity contribution >= 4 is 11.7 Å². The lowest BCUT2D eigenvalue weighted by Crippen LogP contribution is -2.70. The second-order valence-corrected chi connectivity index (χ2v) is 8.18. The van der Waals surface area contributed by atoms with Crippen molar-refractivity contribution in [2.24, 2.45) is 11.3 Å². The van der Waals surface area contributed by atoms with E-state index in [0.717, 1.165) is 38.0 Å². The van der Waals surface area contributed by atoms with Crippen molar-refractivity contribution in [1.82, 2.24) is 4.90 Å². The fourth-order valence-electron chi connectivity index (χ4n) is 7.01. The van der Waals surface area contributed by atoms with E-state index in [0.29, 0.717) is 0 Å². The van der Waals surface area contributed by atoms with Gasteiger partial charge in [-0.2, -0.15) is 0 Å². The molecule has 26 heavy (non-hydrogen) atoms. The molecule has 5 nitrogen and oxygen atoms in total. The molecule has 5 atom stereocenters. The second kappa shape index (κ2) is 5.11. The number of esters is 1. The molecule has 1 saturated carbocycles. The topological polar surface area (TPSA) is 61.8 Å². The van der Waals surface area contributed by atoms with Crippen molar-refractivity contribution in [3.63, 3.8) is 0 Å². The zero-order valence-corrected chi connectivity index (χ0v) is 15.4. The van der Waals surface area contributed by atoms with E-state index in [9.17, 15) is 9.90 Å². The standard InChI is InChI=1S/C21H26N2O3/c1-3-14-12-23-11-10-20-16-6-4-5-7-17(16)22-21(20,23)9-8-15(14)19(20,13-24)18(25)26-2/h3-7,15,22,24H,8-13H2,1-2H3/t15-,19-,20-,21-/m0/s1.